The Morgan fingerprint density at radius 2 is 2.00 bits per heavy atom. The fourth-order valence-corrected chi connectivity index (χ4v) is 2.49. The molecule has 0 aliphatic carbocycles. The van der Waals surface area contributed by atoms with Crippen LogP contribution < -0.4 is 15.4 Å². The average molecular weight is 270 g/mol. The molecule has 3 rings (SSSR count). The minimum atomic E-state index is 0.604. The molecule has 0 saturated carbocycles. The van der Waals surface area contributed by atoms with Crippen molar-refractivity contribution in [3.05, 3.63) is 41.2 Å². The molecule has 1 aliphatic rings. The first-order chi connectivity index (χ1) is 9.65. The van der Waals surface area contributed by atoms with Gasteiger partial charge in [-0.15, -0.1) is 0 Å². The van der Waals surface area contributed by atoms with Gasteiger partial charge in [-0.1, -0.05) is 6.07 Å². The smallest absolute Gasteiger partial charge is 0.218 e. The molecule has 1 aromatic heterocycles. The Bertz CT molecular complexity index is 642. The second-order valence-electron chi connectivity index (χ2n) is 4.93. The van der Waals surface area contributed by atoms with Crippen molar-refractivity contribution < 1.29 is 4.74 Å². The zero-order chi connectivity index (χ0) is 14.1. The topological polar surface area (TPSA) is 64.3 Å². The van der Waals surface area contributed by atoms with Crippen molar-refractivity contribution in [3.63, 3.8) is 0 Å². The van der Waals surface area contributed by atoms with Gasteiger partial charge in [0.15, 0.2) is 0 Å². The Labute approximate surface area is 118 Å². The summed E-state index contributed by atoms with van der Waals surface area (Å²) in [6.45, 7) is 6.10. The average Bonchev–Trinajstić information content (AvgIpc) is 2.81. The highest BCUT2D eigenvalue weighted by atomic mass is 16.5. The van der Waals surface area contributed by atoms with Crippen LogP contribution in [0.15, 0.2) is 24.3 Å². The van der Waals surface area contributed by atoms with Crippen LogP contribution in [0.1, 0.15) is 23.9 Å². The van der Waals surface area contributed by atoms with Crippen LogP contribution in [0, 0.1) is 6.92 Å². The maximum Gasteiger partial charge on any atom is 0.218 e. The molecular formula is C15H18N4O. The van der Waals surface area contributed by atoms with Crippen LogP contribution in [0.4, 0.5) is 11.5 Å². The summed E-state index contributed by atoms with van der Waals surface area (Å²) in [6.07, 6.45) is 0. The van der Waals surface area contributed by atoms with Crippen molar-refractivity contribution in [2.24, 2.45) is 0 Å². The molecule has 2 N–H and O–H groups in total. The predicted octanol–water partition coefficient (Wildman–Crippen LogP) is 2.29. The molecule has 0 unspecified atom stereocenters. The van der Waals surface area contributed by atoms with Crippen LogP contribution in [-0.4, -0.2) is 16.6 Å². The molecule has 104 valence electrons. The molecule has 1 aliphatic heterocycles. The number of rotatable bonds is 3. The van der Waals surface area contributed by atoms with Gasteiger partial charge >= 0.3 is 0 Å². The summed E-state index contributed by atoms with van der Waals surface area (Å²) in [7, 11) is 0. The summed E-state index contributed by atoms with van der Waals surface area (Å²) in [5, 5.41) is 0. The van der Waals surface area contributed by atoms with E-state index in [0.29, 0.717) is 12.5 Å². The van der Waals surface area contributed by atoms with Crippen molar-refractivity contribution in [3.8, 4) is 5.88 Å². The van der Waals surface area contributed by atoms with Gasteiger partial charge in [0.25, 0.3) is 0 Å². The van der Waals surface area contributed by atoms with Crippen LogP contribution in [0.25, 0.3) is 0 Å². The van der Waals surface area contributed by atoms with E-state index in [9.17, 15) is 0 Å². The van der Waals surface area contributed by atoms with E-state index in [1.807, 2.05) is 32.0 Å². The summed E-state index contributed by atoms with van der Waals surface area (Å²) in [5.41, 5.74) is 9.21. The van der Waals surface area contributed by atoms with Gasteiger partial charge in [0.1, 0.15) is 11.6 Å². The molecule has 5 nitrogen and oxygen atoms in total. The van der Waals surface area contributed by atoms with E-state index in [1.54, 1.807) is 0 Å². The SMILES string of the molecule is CCOc1cc(N2Cc3ccc(N)cc3C2)nc(C)n1. The molecule has 0 bridgehead atoms. The van der Waals surface area contributed by atoms with E-state index in [4.69, 9.17) is 10.5 Å². The highest BCUT2D eigenvalue weighted by Crippen LogP contribution is 2.29. The largest absolute Gasteiger partial charge is 0.478 e. The number of nitrogens with two attached hydrogens (primary N) is 1. The number of aromatic nitrogens is 2. The predicted molar refractivity (Wildman–Crippen MR) is 78.7 cm³/mol. The fraction of sp³-hybridized carbons (Fsp3) is 0.333. The molecule has 0 radical (unpaired) electrons. The molecule has 20 heavy (non-hydrogen) atoms. The first-order valence-corrected chi connectivity index (χ1v) is 6.76. The first kappa shape index (κ1) is 12.7. The quantitative estimate of drug-likeness (QED) is 0.867. The molecule has 0 atom stereocenters. The van der Waals surface area contributed by atoms with Crippen molar-refractivity contribution in [2.45, 2.75) is 26.9 Å². The Morgan fingerprint density at radius 3 is 2.80 bits per heavy atom. The van der Waals surface area contributed by atoms with Crippen molar-refractivity contribution in [1.82, 2.24) is 9.97 Å². The maximum atomic E-state index is 5.84. The van der Waals surface area contributed by atoms with Gasteiger partial charge in [0, 0.05) is 24.8 Å². The third-order valence-corrected chi connectivity index (χ3v) is 3.37. The molecule has 1 aromatic carbocycles. The highest BCUT2D eigenvalue weighted by Gasteiger charge is 2.21. The Hall–Kier alpha value is -2.30. The van der Waals surface area contributed by atoms with Crippen LogP contribution in [0.3, 0.4) is 0 Å². The maximum absolute atomic E-state index is 5.84. The van der Waals surface area contributed by atoms with Crippen molar-refractivity contribution in [1.29, 1.82) is 0 Å². The number of aryl methyl sites for hydroxylation is 1. The van der Waals surface area contributed by atoms with Crippen molar-refractivity contribution >= 4 is 11.5 Å². The van der Waals surface area contributed by atoms with Gasteiger partial charge in [-0.05, 0) is 37.1 Å². The van der Waals surface area contributed by atoms with Gasteiger partial charge in [0.05, 0.1) is 6.61 Å². The lowest BCUT2D eigenvalue weighted by atomic mass is 10.1. The molecule has 0 fully saturated rings. The lowest BCUT2D eigenvalue weighted by Crippen LogP contribution is -2.17. The summed E-state index contributed by atoms with van der Waals surface area (Å²) in [4.78, 5) is 11.0. The number of hydrogen-bond acceptors (Lipinski definition) is 5. The Morgan fingerprint density at radius 1 is 1.20 bits per heavy atom. The van der Waals surface area contributed by atoms with Gasteiger partial charge in [0.2, 0.25) is 5.88 Å². The monoisotopic (exact) mass is 270 g/mol. The van der Waals surface area contributed by atoms with Gasteiger partial charge < -0.3 is 15.4 Å². The number of nitrogen functional groups attached to an aromatic ring is 1. The van der Waals surface area contributed by atoms with Gasteiger partial charge in [-0.3, -0.25) is 0 Å². The fourth-order valence-electron chi connectivity index (χ4n) is 2.49. The number of nitrogens with zero attached hydrogens (tertiary/aromatic N) is 3. The second-order valence-corrected chi connectivity index (χ2v) is 4.93. The normalized spacial score (nSPS) is 13.4. The van der Waals surface area contributed by atoms with Gasteiger partial charge in [-0.2, -0.15) is 4.98 Å². The third-order valence-electron chi connectivity index (χ3n) is 3.37. The van der Waals surface area contributed by atoms with Crippen molar-refractivity contribution in [2.75, 3.05) is 17.2 Å². The molecule has 0 amide bonds. The number of benzene rings is 1. The molecule has 2 aromatic rings. The lowest BCUT2D eigenvalue weighted by molar-refractivity contribution is 0.325. The summed E-state index contributed by atoms with van der Waals surface area (Å²) >= 11 is 0. The van der Waals surface area contributed by atoms with E-state index >= 15 is 0 Å². The van der Waals surface area contributed by atoms with E-state index in [0.717, 1.165) is 30.4 Å². The summed E-state index contributed by atoms with van der Waals surface area (Å²) in [6, 6.07) is 7.96. The highest BCUT2D eigenvalue weighted by molar-refractivity contribution is 5.53. The third kappa shape index (κ3) is 2.39. The molecule has 5 heteroatoms. The Kier molecular flexibility index (Phi) is 3.18. The minimum Gasteiger partial charge on any atom is -0.478 e. The number of fused-ring (bicyclic) bond motifs is 1. The Balaban J connectivity index is 1.88. The zero-order valence-corrected chi connectivity index (χ0v) is 11.8. The lowest BCUT2D eigenvalue weighted by Gasteiger charge is -2.17. The van der Waals surface area contributed by atoms with Gasteiger partial charge in [-0.25, -0.2) is 4.98 Å². The van der Waals surface area contributed by atoms with E-state index in [2.05, 4.69) is 20.9 Å². The molecular weight excluding hydrogens is 252 g/mol. The second kappa shape index (κ2) is 5.00. The molecule has 0 saturated heterocycles. The number of anilines is 2. The van der Waals surface area contributed by atoms with Crippen LogP contribution in [0.5, 0.6) is 5.88 Å². The molecule has 2 heterocycles. The standard InChI is InChI=1S/C15H18N4O/c1-3-20-15-7-14(17-10(2)18-15)19-8-11-4-5-13(16)6-12(11)9-19/h4-7H,3,8-9,16H2,1-2H3. The van der Waals surface area contributed by atoms with Crippen LogP contribution >= 0.6 is 0 Å². The summed E-state index contributed by atoms with van der Waals surface area (Å²) < 4.78 is 5.49. The van der Waals surface area contributed by atoms with Crippen LogP contribution in [-0.2, 0) is 13.1 Å². The van der Waals surface area contributed by atoms with Crippen LogP contribution in [0.2, 0.25) is 0 Å². The van der Waals surface area contributed by atoms with E-state index in [-0.39, 0.29) is 0 Å². The number of ether oxygens (including phenoxy) is 1. The summed E-state index contributed by atoms with van der Waals surface area (Å²) in [5.74, 6) is 2.25. The minimum absolute atomic E-state index is 0.604. The number of hydrogen-bond donors (Lipinski definition) is 1. The van der Waals surface area contributed by atoms with E-state index in [1.165, 1.54) is 11.1 Å². The first-order valence-electron chi connectivity index (χ1n) is 6.76. The zero-order valence-electron chi connectivity index (χ0n) is 11.8. The molecule has 0 spiro atoms. The van der Waals surface area contributed by atoms with E-state index < -0.39 is 0 Å².